The zero-order valence-electron chi connectivity index (χ0n) is 13.3. The Balaban J connectivity index is 1.55. The SMILES string of the molecule is O=C(CC1(O)CCCC1)N1CCCC1c1nc2ccccc2[nH]1. The Hall–Kier alpha value is -1.88. The van der Waals surface area contributed by atoms with E-state index in [4.69, 9.17) is 0 Å². The molecule has 1 aliphatic heterocycles. The second-order valence-corrected chi connectivity index (χ2v) is 6.99. The molecule has 1 unspecified atom stereocenters. The third kappa shape index (κ3) is 2.74. The number of hydrogen-bond donors (Lipinski definition) is 2. The van der Waals surface area contributed by atoms with Gasteiger partial charge in [0.1, 0.15) is 5.82 Å². The molecule has 5 heteroatoms. The highest BCUT2D eigenvalue weighted by atomic mass is 16.3. The third-order valence-corrected chi connectivity index (χ3v) is 5.31. The number of nitrogens with one attached hydrogen (secondary N) is 1. The van der Waals surface area contributed by atoms with Crippen LogP contribution in [0.5, 0.6) is 0 Å². The Kier molecular flexibility index (Phi) is 3.60. The number of carbonyl (C=O) groups excluding carboxylic acids is 1. The lowest BCUT2D eigenvalue weighted by Gasteiger charge is -2.28. The molecule has 2 heterocycles. The van der Waals surface area contributed by atoms with E-state index in [0.29, 0.717) is 0 Å². The summed E-state index contributed by atoms with van der Waals surface area (Å²) in [6.07, 6.45) is 5.73. The Morgan fingerprint density at radius 3 is 2.87 bits per heavy atom. The van der Waals surface area contributed by atoms with Crippen molar-refractivity contribution < 1.29 is 9.90 Å². The first-order chi connectivity index (χ1) is 11.1. The van der Waals surface area contributed by atoms with Gasteiger partial charge in [0.25, 0.3) is 0 Å². The first-order valence-corrected chi connectivity index (χ1v) is 8.61. The fourth-order valence-corrected chi connectivity index (χ4v) is 4.07. The quantitative estimate of drug-likeness (QED) is 0.915. The fraction of sp³-hybridized carbons (Fsp3) is 0.556. The molecule has 2 fully saturated rings. The topological polar surface area (TPSA) is 69.2 Å². The van der Waals surface area contributed by atoms with Gasteiger partial charge in [-0.25, -0.2) is 4.98 Å². The van der Waals surface area contributed by atoms with Crippen molar-refractivity contribution in [2.24, 2.45) is 0 Å². The van der Waals surface area contributed by atoms with Crippen LogP contribution < -0.4 is 0 Å². The standard InChI is InChI=1S/C18H23N3O2/c22-16(12-18(23)9-3-4-10-18)21-11-5-8-15(21)17-19-13-6-1-2-7-14(13)20-17/h1-2,6-7,15,23H,3-5,8-12H2,(H,19,20). The summed E-state index contributed by atoms with van der Waals surface area (Å²) >= 11 is 0. The minimum atomic E-state index is -0.780. The summed E-state index contributed by atoms with van der Waals surface area (Å²) in [5, 5.41) is 10.5. The fourth-order valence-electron chi connectivity index (χ4n) is 4.07. The number of amides is 1. The van der Waals surface area contributed by atoms with Crippen molar-refractivity contribution in [1.82, 2.24) is 14.9 Å². The Morgan fingerprint density at radius 2 is 2.09 bits per heavy atom. The molecule has 1 atom stereocenters. The van der Waals surface area contributed by atoms with Gasteiger partial charge in [-0.15, -0.1) is 0 Å². The molecule has 0 spiro atoms. The number of para-hydroxylation sites is 2. The van der Waals surface area contributed by atoms with Crippen molar-refractivity contribution in [3.63, 3.8) is 0 Å². The van der Waals surface area contributed by atoms with Gasteiger partial charge in [0, 0.05) is 6.54 Å². The van der Waals surface area contributed by atoms with E-state index in [9.17, 15) is 9.90 Å². The summed E-state index contributed by atoms with van der Waals surface area (Å²) in [5.41, 5.74) is 1.17. The van der Waals surface area contributed by atoms with Gasteiger partial charge in [0.2, 0.25) is 5.91 Å². The number of hydrogen-bond acceptors (Lipinski definition) is 3. The predicted molar refractivity (Wildman–Crippen MR) is 87.8 cm³/mol. The van der Waals surface area contributed by atoms with Crippen LogP contribution in [0.1, 0.15) is 56.8 Å². The van der Waals surface area contributed by atoms with Gasteiger partial charge >= 0.3 is 0 Å². The maximum atomic E-state index is 12.7. The number of aromatic nitrogens is 2. The van der Waals surface area contributed by atoms with E-state index < -0.39 is 5.60 Å². The monoisotopic (exact) mass is 313 g/mol. The number of imidazole rings is 1. The average molecular weight is 313 g/mol. The number of rotatable bonds is 3. The molecular weight excluding hydrogens is 290 g/mol. The number of aliphatic hydroxyl groups is 1. The van der Waals surface area contributed by atoms with E-state index in [1.807, 2.05) is 29.2 Å². The molecule has 23 heavy (non-hydrogen) atoms. The number of benzene rings is 1. The van der Waals surface area contributed by atoms with E-state index in [1.54, 1.807) is 0 Å². The lowest BCUT2D eigenvalue weighted by Crippen LogP contribution is -2.38. The Labute approximate surface area is 135 Å². The lowest BCUT2D eigenvalue weighted by molar-refractivity contribution is -0.137. The van der Waals surface area contributed by atoms with Gasteiger partial charge in [-0.2, -0.15) is 0 Å². The summed E-state index contributed by atoms with van der Waals surface area (Å²) < 4.78 is 0. The van der Waals surface area contributed by atoms with Crippen molar-refractivity contribution in [3.8, 4) is 0 Å². The molecule has 1 aromatic heterocycles. The predicted octanol–water partition coefficient (Wildman–Crippen LogP) is 2.92. The molecule has 0 radical (unpaired) electrons. The summed E-state index contributed by atoms with van der Waals surface area (Å²) in [7, 11) is 0. The van der Waals surface area contributed by atoms with Crippen molar-refractivity contribution in [2.75, 3.05) is 6.54 Å². The summed E-state index contributed by atoms with van der Waals surface area (Å²) in [5.74, 6) is 0.938. The van der Waals surface area contributed by atoms with Crippen LogP contribution in [0.25, 0.3) is 11.0 Å². The third-order valence-electron chi connectivity index (χ3n) is 5.31. The zero-order valence-corrected chi connectivity index (χ0v) is 13.3. The van der Waals surface area contributed by atoms with Gasteiger partial charge in [-0.1, -0.05) is 25.0 Å². The number of aromatic amines is 1. The molecule has 0 bridgehead atoms. The molecule has 4 rings (SSSR count). The molecule has 2 N–H and O–H groups in total. The van der Waals surface area contributed by atoms with Crippen LogP contribution in [0.15, 0.2) is 24.3 Å². The van der Waals surface area contributed by atoms with Gasteiger partial charge < -0.3 is 15.0 Å². The Bertz CT molecular complexity index is 685. The first-order valence-electron chi connectivity index (χ1n) is 8.61. The van der Waals surface area contributed by atoms with Crippen LogP contribution >= 0.6 is 0 Å². The number of carbonyl (C=O) groups is 1. The summed E-state index contributed by atoms with van der Waals surface area (Å²) in [4.78, 5) is 22.7. The Morgan fingerprint density at radius 1 is 1.30 bits per heavy atom. The largest absolute Gasteiger partial charge is 0.389 e. The maximum absolute atomic E-state index is 12.7. The molecule has 1 aliphatic carbocycles. The van der Waals surface area contributed by atoms with Crippen LogP contribution in [-0.2, 0) is 4.79 Å². The molecule has 1 amide bonds. The van der Waals surface area contributed by atoms with Crippen LogP contribution in [0, 0.1) is 0 Å². The molecule has 122 valence electrons. The van der Waals surface area contributed by atoms with Crippen molar-refractivity contribution in [3.05, 3.63) is 30.1 Å². The van der Waals surface area contributed by atoms with E-state index >= 15 is 0 Å². The minimum Gasteiger partial charge on any atom is -0.389 e. The molecule has 2 aliphatic rings. The van der Waals surface area contributed by atoms with Gasteiger partial charge in [0.15, 0.2) is 0 Å². The number of likely N-dealkylation sites (tertiary alicyclic amines) is 1. The molecule has 5 nitrogen and oxygen atoms in total. The zero-order chi connectivity index (χ0) is 15.9. The highest BCUT2D eigenvalue weighted by Gasteiger charge is 2.38. The second-order valence-electron chi connectivity index (χ2n) is 6.99. The van der Waals surface area contributed by atoms with E-state index in [2.05, 4.69) is 9.97 Å². The average Bonchev–Trinajstić information content (AvgIpc) is 3.25. The van der Waals surface area contributed by atoms with Gasteiger partial charge in [-0.05, 0) is 37.8 Å². The van der Waals surface area contributed by atoms with E-state index in [1.165, 1.54) is 0 Å². The molecule has 1 aromatic carbocycles. The smallest absolute Gasteiger partial charge is 0.226 e. The highest BCUT2D eigenvalue weighted by molar-refractivity contribution is 5.79. The molecular formula is C18H23N3O2. The molecule has 2 aromatic rings. The minimum absolute atomic E-state index is 0.0138. The van der Waals surface area contributed by atoms with E-state index in [0.717, 1.165) is 61.9 Å². The second kappa shape index (κ2) is 5.64. The number of fused-ring (bicyclic) bond motifs is 1. The highest BCUT2D eigenvalue weighted by Crippen LogP contribution is 2.36. The van der Waals surface area contributed by atoms with Crippen LogP contribution in [-0.4, -0.2) is 38.0 Å². The van der Waals surface area contributed by atoms with Crippen molar-refractivity contribution in [1.29, 1.82) is 0 Å². The van der Waals surface area contributed by atoms with Crippen LogP contribution in [0.3, 0.4) is 0 Å². The van der Waals surface area contributed by atoms with Crippen molar-refractivity contribution >= 4 is 16.9 Å². The van der Waals surface area contributed by atoms with E-state index in [-0.39, 0.29) is 18.4 Å². The molecule has 1 saturated heterocycles. The molecule has 1 saturated carbocycles. The van der Waals surface area contributed by atoms with Gasteiger partial charge in [-0.3, -0.25) is 4.79 Å². The maximum Gasteiger partial charge on any atom is 0.226 e. The van der Waals surface area contributed by atoms with Crippen LogP contribution in [0.2, 0.25) is 0 Å². The normalized spacial score (nSPS) is 23.7. The lowest BCUT2D eigenvalue weighted by atomic mass is 9.97. The number of H-pyrrole nitrogens is 1. The number of nitrogens with zero attached hydrogens (tertiary/aromatic N) is 2. The first kappa shape index (κ1) is 14.7. The summed E-state index contributed by atoms with van der Waals surface area (Å²) in [6.45, 7) is 0.761. The van der Waals surface area contributed by atoms with Crippen LogP contribution in [0.4, 0.5) is 0 Å². The van der Waals surface area contributed by atoms with Gasteiger partial charge in [0.05, 0.1) is 29.1 Å². The van der Waals surface area contributed by atoms with Crippen molar-refractivity contribution in [2.45, 2.75) is 56.6 Å². The summed E-state index contributed by atoms with van der Waals surface area (Å²) in [6, 6.07) is 7.96.